The van der Waals surface area contributed by atoms with E-state index in [0.29, 0.717) is 22.2 Å². The topological polar surface area (TPSA) is 35.6 Å². The molecule has 0 aliphatic carbocycles. The highest BCUT2D eigenvalue weighted by Crippen LogP contribution is 2.25. The minimum absolute atomic E-state index is 0.129. The summed E-state index contributed by atoms with van der Waals surface area (Å²) < 4.78 is 0. The predicted molar refractivity (Wildman–Crippen MR) is 82.7 cm³/mol. The van der Waals surface area contributed by atoms with Gasteiger partial charge in [-0.05, 0) is 12.1 Å². The van der Waals surface area contributed by atoms with Crippen LogP contribution in [0.1, 0.15) is 10.4 Å². The minimum Gasteiger partial charge on any atom is -0.340 e. The lowest BCUT2D eigenvalue weighted by atomic mass is 10.2. The fourth-order valence-corrected chi connectivity index (χ4v) is 2.78. The largest absolute Gasteiger partial charge is 0.340 e. The molecule has 6 heteroatoms. The summed E-state index contributed by atoms with van der Waals surface area (Å²) in [4.78, 5) is 16.4. The molecule has 1 fully saturated rings. The van der Waals surface area contributed by atoms with Crippen molar-refractivity contribution in [2.24, 2.45) is 0 Å². The molecule has 0 radical (unpaired) electrons. The van der Waals surface area contributed by atoms with Crippen LogP contribution in [0.4, 0.5) is 0 Å². The van der Waals surface area contributed by atoms with Crippen LogP contribution >= 0.6 is 23.2 Å². The lowest BCUT2D eigenvalue weighted by molar-refractivity contribution is 0.0775. The highest BCUT2D eigenvalue weighted by molar-refractivity contribution is 6.39. The Morgan fingerprint density at radius 3 is 2.50 bits per heavy atom. The Bertz CT molecular complexity index is 455. The van der Waals surface area contributed by atoms with Crippen LogP contribution in [0.5, 0.6) is 0 Å². The van der Waals surface area contributed by atoms with Crippen LogP contribution in [0.3, 0.4) is 0 Å². The van der Waals surface area contributed by atoms with Crippen molar-refractivity contribution in [1.82, 2.24) is 15.1 Å². The van der Waals surface area contributed by atoms with Crippen LogP contribution in [0.25, 0.3) is 0 Å². The Morgan fingerprint density at radius 2 is 1.90 bits per heavy atom. The summed E-state index contributed by atoms with van der Waals surface area (Å²) in [5.41, 5.74) is 0.388. The molecule has 110 valence electrons. The maximum absolute atomic E-state index is 12.4. The van der Waals surface area contributed by atoms with Crippen molar-refractivity contribution in [3.8, 4) is 0 Å². The summed E-state index contributed by atoms with van der Waals surface area (Å²) in [7, 11) is 1.78. The maximum Gasteiger partial charge on any atom is 0.256 e. The van der Waals surface area contributed by atoms with Gasteiger partial charge in [0.1, 0.15) is 0 Å². The summed E-state index contributed by atoms with van der Waals surface area (Å²) in [5, 5.41) is 4.11. The SMILES string of the molecule is CN(CCN1CCNCC1)C(=O)c1c(Cl)cccc1Cl. The second-order valence-corrected chi connectivity index (χ2v) is 5.73. The summed E-state index contributed by atoms with van der Waals surface area (Å²) in [6.45, 7) is 5.60. The number of piperazine rings is 1. The molecular weight excluding hydrogens is 297 g/mol. The van der Waals surface area contributed by atoms with Gasteiger partial charge in [-0.25, -0.2) is 0 Å². The third kappa shape index (κ3) is 3.85. The van der Waals surface area contributed by atoms with Crippen molar-refractivity contribution in [3.63, 3.8) is 0 Å². The third-order valence-electron chi connectivity index (χ3n) is 3.48. The van der Waals surface area contributed by atoms with Crippen LogP contribution in [0.2, 0.25) is 10.0 Å². The van der Waals surface area contributed by atoms with Gasteiger partial charge in [0, 0.05) is 46.3 Å². The second kappa shape index (κ2) is 7.27. The monoisotopic (exact) mass is 315 g/mol. The average molecular weight is 316 g/mol. The van der Waals surface area contributed by atoms with Crippen LogP contribution in [-0.4, -0.2) is 62.0 Å². The fraction of sp³-hybridized carbons (Fsp3) is 0.500. The normalized spacial score (nSPS) is 16.1. The van der Waals surface area contributed by atoms with Gasteiger partial charge in [-0.3, -0.25) is 9.69 Å². The number of nitrogens with one attached hydrogen (secondary N) is 1. The number of likely N-dealkylation sites (N-methyl/N-ethyl adjacent to an activating group) is 1. The molecule has 0 spiro atoms. The molecule has 1 saturated heterocycles. The molecule has 0 bridgehead atoms. The van der Waals surface area contributed by atoms with Crippen molar-refractivity contribution < 1.29 is 4.79 Å². The Balaban J connectivity index is 1.94. The van der Waals surface area contributed by atoms with Gasteiger partial charge in [-0.2, -0.15) is 0 Å². The fourth-order valence-electron chi connectivity index (χ4n) is 2.22. The van der Waals surface area contributed by atoms with Gasteiger partial charge in [-0.15, -0.1) is 0 Å². The first-order chi connectivity index (χ1) is 9.59. The zero-order chi connectivity index (χ0) is 14.5. The van der Waals surface area contributed by atoms with Crippen LogP contribution in [0.15, 0.2) is 18.2 Å². The molecule has 4 nitrogen and oxygen atoms in total. The van der Waals surface area contributed by atoms with E-state index in [1.165, 1.54) is 0 Å². The van der Waals surface area contributed by atoms with E-state index in [0.717, 1.165) is 32.7 Å². The predicted octanol–water partition coefficient (Wildman–Crippen LogP) is 1.97. The van der Waals surface area contributed by atoms with Crippen molar-refractivity contribution in [2.75, 3.05) is 46.3 Å². The maximum atomic E-state index is 12.4. The number of halogens is 2. The molecule has 0 aromatic heterocycles. The van der Waals surface area contributed by atoms with Crippen molar-refractivity contribution >= 4 is 29.1 Å². The van der Waals surface area contributed by atoms with Gasteiger partial charge < -0.3 is 10.2 Å². The van der Waals surface area contributed by atoms with Crippen LogP contribution in [0, 0.1) is 0 Å². The highest BCUT2D eigenvalue weighted by Gasteiger charge is 2.19. The number of nitrogens with zero attached hydrogens (tertiary/aromatic N) is 2. The van der Waals surface area contributed by atoms with Gasteiger partial charge in [0.2, 0.25) is 0 Å². The molecule has 2 rings (SSSR count). The van der Waals surface area contributed by atoms with Crippen molar-refractivity contribution in [2.45, 2.75) is 0 Å². The Morgan fingerprint density at radius 1 is 1.30 bits per heavy atom. The van der Waals surface area contributed by atoms with E-state index in [2.05, 4.69) is 10.2 Å². The molecule has 0 unspecified atom stereocenters. The van der Waals surface area contributed by atoms with Crippen molar-refractivity contribution in [3.05, 3.63) is 33.8 Å². The van der Waals surface area contributed by atoms with E-state index in [9.17, 15) is 4.79 Å². The minimum atomic E-state index is -0.129. The molecule has 0 atom stereocenters. The third-order valence-corrected chi connectivity index (χ3v) is 4.11. The van der Waals surface area contributed by atoms with E-state index in [4.69, 9.17) is 23.2 Å². The average Bonchev–Trinajstić information content (AvgIpc) is 2.45. The number of rotatable bonds is 4. The first kappa shape index (κ1) is 15.6. The van der Waals surface area contributed by atoms with Gasteiger partial charge in [0.25, 0.3) is 5.91 Å². The Kier molecular flexibility index (Phi) is 5.66. The number of amides is 1. The van der Waals surface area contributed by atoms with E-state index in [-0.39, 0.29) is 5.91 Å². The second-order valence-electron chi connectivity index (χ2n) is 4.92. The summed E-state index contributed by atoms with van der Waals surface area (Å²) in [6.07, 6.45) is 0. The molecule has 1 aromatic carbocycles. The Labute approximate surface area is 129 Å². The van der Waals surface area contributed by atoms with Crippen LogP contribution < -0.4 is 5.32 Å². The van der Waals surface area contributed by atoms with Gasteiger partial charge in [0.05, 0.1) is 15.6 Å². The number of carbonyl (C=O) groups is 1. The highest BCUT2D eigenvalue weighted by atomic mass is 35.5. The van der Waals surface area contributed by atoms with E-state index in [1.807, 2.05) is 0 Å². The first-order valence-electron chi connectivity index (χ1n) is 6.72. The quantitative estimate of drug-likeness (QED) is 0.922. The van der Waals surface area contributed by atoms with Gasteiger partial charge >= 0.3 is 0 Å². The van der Waals surface area contributed by atoms with E-state index in [1.54, 1.807) is 30.1 Å². The smallest absolute Gasteiger partial charge is 0.256 e. The zero-order valence-corrected chi connectivity index (χ0v) is 13.0. The molecule has 0 saturated carbocycles. The van der Waals surface area contributed by atoms with E-state index >= 15 is 0 Å². The number of hydrogen-bond donors (Lipinski definition) is 1. The van der Waals surface area contributed by atoms with Gasteiger partial charge in [0.15, 0.2) is 0 Å². The van der Waals surface area contributed by atoms with Crippen LogP contribution in [-0.2, 0) is 0 Å². The molecule has 1 heterocycles. The molecule has 1 aliphatic rings. The molecule has 20 heavy (non-hydrogen) atoms. The summed E-state index contributed by atoms with van der Waals surface area (Å²) >= 11 is 12.1. The van der Waals surface area contributed by atoms with Gasteiger partial charge in [-0.1, -0.05) is 29.3 Å². The Hall–Kier alpha value is -0.810. The molecular formula is C14H19Cl2N3O. The standard InChI is InChI=1S/C14H19Cl2N3O/c1-18(9-10-19-7-5-17-6-8-19)14(20)13-11(15)3-2-4-12(13)16/h2-4,17H,5-10H2,1H3. The van der Waals surface area contributed by atoms with E-state index < -0.39 is 0 Å². The number of carbonyl (C=O) groups excluding carboxylic acids is 1. The molecule has 1 aliphatic heterocycles. The number of hydrogen-bond acceptors (Lipinski definition) is 3. The summed E-state index contributed by atoms with van der Waals surface area (Å²) in [5.74, 6) is -0.129. The molecule has 1 N–H and O–H groups in total. The number of benzene rings is 1. The first-order valence-corrected chi connectivity index (χ1v) is 7.47. The summed E-state index contributed by atoms with van der Waals surface area (Å²) in [6, 6.07) is 5.11. The lowest BCUT2D eigenvalue weighted by Crippen LogP contribution is -2.46. The lowest BCUT2D eigenvalue weighted by Gasteiger charge is -2.29. The molecule has 1 amide bonds. The molecule has 1 aromatic rings. The zero-order valence-electron chi connectivity index (χ0n) is 11.5. The van der Waals surface area contributed by atoms with Crippen molar-refractivity contribution in [1.29, 1.82) is 0 Å².